The minimum atomic E-state index is -0.422. The summed E-state index contributed by atoms with van der Waals surface area (Å²) >= 11 is 0. The monoisotopic (exact) mass is 544 g/mol. The van der Waals surface area contributed by atoms with E-state index in [0.717, 1.165) is 42.5 Å². The topological polar surface area (TPSA) is 70.0 Å². The maximum atomic E-state index is 13.9. The highest BCUT2D eigenvalue weighted by molar-refractivity contribution is 5.99. The smallest absolute Gasteiger partial charge is 0.337 e. The average molecular weight is 545 g/mol. The Balaban J connectivity index is 1.53. The second-order valence-electron chi connectivity index (χ2n) is 11.5. The Morgan fingerprint density at radius 1 is 1.00 bits per heavy atom. The SMILES string of the molecule is CCOc1ccc(-c2c(C3CCCCC3)c3ccc(C(=O)OC)cc3n2CC2(C(=O)N3CCOCC3)CC2)cc1. The number of benzene rings is 2. The molecule has 3 fully saturated rings. The Kier molecular flexibility index (Phi) is 7.58. The van der Waals surface area contributed by atoms with Gasteiger partial charge in [0, 0.05) is 30.5 Å². The lowest BCUT2D eigenvalue weighted by molar-refractivity contribution is -0.141. The van der Waals surface area contributed by atoms with Crippen LogP contribution in [0.3, 0.4) is 0 Å². The molecule has 0 atom stereocenters. The van der Waals surface area contributed by atoms with Crippen molar-refractivity contribution < 1.29 is 23.8 Å². The van der Waals surface area contributed by atoms with E-state index in [1.165, 1.54) is 43.0 Å². The predicted octanol–water partition coefficient (Wildman–Crippen LogP) is 6.18. The van der Waals surface area contributed by atoms with E-state index in [9.17, 15) is 9.59 Å². The molecule has 7 heteroatoms. The molecule has 2 heterocycles. The third kappa shape index (κ3) is 5.00. The fourth-order valence-electron chi connectivity index (χ4n) is 6.77. The van der Waals surface area contributed by atoms with E-state index >= 15 is 0 Å². The second kappa shape index (κ2) is 11.3. The van der Waals surface area contributed by atoms with E-state index in [-0.39, 0.29) is 11.9 Å². The normalized spacial score (nSPS) is 19.0. The van der Waals surface area contributed by atoms with Gasteiger partial charge in [0.15, 0.2) is 0 Å². The largest absolute Gasteiger partial charge is 0.494 e. The van der Waals surface area contributed by atoms with Crippen molar-refractivity contribution in [3.05, 3.63) is 53.6 Å². The zero-order valence-corrected chi connectivity index (χ0v) is 23.7. The fraction of sp³-hybridized carbons (Fsp3) is 0.515. The zero-order chi connectivity index (χ0) is 27.7. The van der Waals surface area contributed by atoms with Crippen molar-refractivity contribution in [3.8, 4) is 17.0 Å². The van der Waals surface area contributed by atoms with Crippen LogP contribution in [0.2, 0.25) is 0 Å². The van der Waals surface area contributed by atoms with Gasteiger partial charge in [0.1, 0.15) is 5.75 Å². The Hall–Kier alpha value is -3.32. The Labute approximate surface area is 236 Å². The maximum absolute atomic E-state index is 13.9. The van der Waals surface area contributed by atoms with Crippen molar-refractivity contribution in [2.24, 2.45) is 5.41 Å². The predicted molar refractivity (Wildman–Crippen MR) is 155 cm³/mol. The fourth-order valence-corrected chi connectivity index (χ4v) is 6.77. The van der Waals surface area contributed by atoms with Gasteiger partial charge in [0.05, 0.1) is 43.6 Å². The molecule has 0 radical (unpaired) electrons. The highest BCUT2D eigenvalue weighted by Gasteiger charge is 2.52. The molecule has 1 aliphatic heterocycles. The Morgan fingerprint density at radius 2 is 1.73 bits per heavy atom. The number of morpholine rings is 1. The van der Waals surface area contributed by atoms with Gasteiger partial charge in [-0.15, -0.1) is 0 Å². The molecule has 2 saturated carbocycles. The van der Waals surface area contributed by atoms with Crippen molar-refractivity contribution >= 4 is 22.8 Å². The summed E-state index contributed by atoms with van der Waals surface area (Å²) in [5.41, 5.74) is 4.77. The molecule has 40 heavy (non-hydrogen) atoms. The van der Waals surface area contributed by atoms with Crippen LogP contribution in [0.4, 0.5) is 0 Å². The van der Waals surface area contributed by atoms with Gasteiger partial charge in [-0.25, -0.2) is 4.79 Å². The van der Waals surface area contributed by atoms with Gasteiger partial charge in [0.2, 0.25) is 5.91 Å². The molecule has 0 N–H and O–H groups in total. The highest BCUT2D eigenvalue weighted by atomic mass is 16.5. The number of hydrogen-bond donors (Lipinski definition) is 0. The molecular weight excluding hydrogens is 504 g/mol. The quantitative estimate of drug-likeness (QED) is 0.317. The molecule has 0 unspecified atom stereocenters. The van der Waals surface area contributed by atoms with Crippen molar-refractivity contribution in [2.75, 3.05) is 40.0 Å². The summed E-state index contributed by atoms with van der Waals surface area (Å²) in [6.07, 6.45) is 7.78. The Bertz CT molecular complexity index is 1380. The van der Waals surface area contributed by atoms with Crippen LogP contribution in [-0.4, -0.2) is 61.4 Å². The molecule has 2 aliphatic carbocycles. The van der Waals surface area contributed by atoms with E-state index in [0.29, 0.717) is 50.9 Å². The lowest BCUT2D eigenvalue weighted by atomic mass is 9.81. The summed E-state index contributed by atoms with van der Waals surface area (Å²) < 4.78 is 18.7. The first-order valence-corrected chi connectivity index (χ1v) is 14.9. The van der Waals surface area contributed by atoms with Crippen LogP contribution in [0.5, 0.6) is 5.75 Å². The second-order valence-corrected chi connectivity index (χ2v) is 11.5. The van der Waals surface area contributed by atoms with Gasteiger partial charge >= 0.3 is 5.97 Å². The number of aromatic nitrogens is 1. The maximum Gasteiger partial charge on any atom is 0.337 e. The molecule has 212 valence electrons. The van der Waals surface area contributed by atoms with Crippen molar-refractivity contribution in [1.29, 1.82) is 0 Å². The molecule has 6 rings (SSSR count). The molecule has 7 nitrogen and oxygen atoms in total. The van der Waals surface area contributed by atoms with Gasteiger partial charge in [0.25, 0.3) is 0 Å². The third-order valence-electron chi connectivity index (χ3n) is 9.04. The first-order valence-electron chi connectivity index (χ1n) is 14.9. The Morgan fingerprint density at radius 3 is 2.38 bits per heavy atom. The number of amides is 1. The van der Waals surface area contributed by atoms with Crippen LogP contribution >= 0.6 is 0 Å². The highest BCUT2D eigenvalue weighted by Crippen LogP contribution is 2.52. The number of methoxy groups -OCH3 is 1. The molecule has 1 amide bonds. The van der Waals surface area contributed by atoms with Gasteiger partial charge in [-0.1, -0.05) is 25.3 Å². The van der Waals surface area contributed by atoms with Crippen LogP contribution in [0.1, 0.15) is 73.7 Å². The lowest BCUT2D eigenvalue weighted by Crippen LogP contribution is -2.45. The van der Waals surface area contributed by atoms with Crippen LogP contribution in [0.25, 0.3) is 22.2 Å². The number of esters is 1. The number of hydrogen-bond acceptors (Lipinski definition) is 5. The summed E-state index contributed by atoms with van der Waals surface area (Å²) in [7, 11) is 1.42. The van der Waals surface area contributed by atoms with Gasteiger partial charge < -0.3 is 23.7 Å². The van der Waals surface area contributed by atoms with E-state index in [1.807, 2.05) is 36.1 Å². The van der Waals surface area contributed by atoms with Crippen LogP contribution < -0.4 is 4.74 Å². The third-order valence-corrected chi connectivity index (χ3v) is 9.04. The molecule has 1 saturated heterocycles. The molecule has 2 aromatic carbocycles. The number of fused-ring (bicyclic) bond motifs is 1. The summed E-state index contributed by atoms with van der Waals surface area (Å²) in [4.78, 5) is 28.5. The first kappa shape index (κ1) is 26.9. The van der Waals surface area contributed by atoms with Gasteiger partial charge in [-0.05, 0) is 86.1 Å². The standard InChI is InChI=1S/C33H40N2O5/c1-3-40-26-12-9-24(10-13-26)30-29(23-7-5-4-6-8-23)27-14-11-25(31(36)38-2)21-28(27)35(30)22-33(15-16-33)32(37)34-17-19-39-20-18-34/h9-14,21,23H,3-8,15-20,22H2,1-2H3. The van der Waals surface area contributed by atoms with E-state index < -0.39 is 5.41 Å². The zero-order valence-electron chi connectivity index (χ0n) is 23.7. The van der Waals surface area contributed by atoms with E-state index in [1.54, 1.807) is 0 Å². The first-order chi connectivity index (χ1) is 19.5. The van der Waals surface area contributed by atoms with Gasteiger partial charge in [-0.3, -0.25) is 4.79 Å². The average Bonchev–Trinajstić information content (AvgIpc) is 3.73. The molecule has 3 aliphatic rings. The van der Waals surface area contributed by atoms with Gasteiger partial charge in [-0.2, -0.15) is 0 Å². The number of rotatable bonds is 8. The summed E-state index contributed by atoms with van der Waals surface area (Å²) in [6.45, 7) is 5.71. The minimum absolute atomic E-state index is 0.235. The summed E-state index contributed by atoms with van der Waals surface area (Å²) in [5, 5.41) is 1.18. The van der Waals surface area contributed by atoms with Crippen molar-refractivity contribution in [1.82, 2.24) is 9.47 Å². The van der Waals surface area contributed by atoms with Crippen molar-refractivity contribution in [2.45, 2.75) is 64.3 Å². The number of carbonyl (C=O) groups excluding carboxylic acids is 2. The molecule has 1 aromatic heterocycles. The number of ether oxygens (including phenoxy) is 3. The molecule has 0 bridgehead atoms. The van der Waals surface area contributed by atoms with Crippen LogP contribution in [-0.2, 0) is 20.8 Å². The van der Waals surface area contributed by atoms with E-state index in [2.05, 4.69) is 22.8 Å². The van der Waals surface area contributed by atoms with Crippen LogP contribution in [0.15, 0.2) is 42.5 Å². The summed E-state index contributed by atoms with van der Waals surface area (Å²) in [6, 6.07) is 14.3. The molecule has 0 spiro atoms. The number of carbonyl (C=O) groups is 2. The summed E-state index contributed by atoms with van der Waals surface area (Å²) in [5.74, 6) is 1.18. The number of nitrogens with zero attached hydrogens (tertiary/aromatic N) is 2. The van der Waals surface area contributed by atoms with Crippen LogP contribution in [0, 0.1) is 5.41 Å². The minimum Gasteiger partial charge on any atom is -0.494 e. The van der Waals surface area contributed by atoms with Crippen molar-refractivity contribution in [3.63, 3.8) is 0 Å². The molecule has 3 aromatic rings. The molecular formula is C33H40N2O5. The van der Waals surface area contributed by atoms with E-state index in [4.69, 9.17) is 14.2 Å². The lowest BCUT2D eigenvalue weighted by Gasteiger charge is -2.31.